The number of aromatic hydroxyl groups is 2. The summed E-state index contributed by atoms with van der Waals surface area (Å²) in [6, 6.07) is 6.93. The predicted molar refractivity (Wildman–Crippen MR) is 82.0 cm³/mol. The Bertz CT molecular complexity index is 651. The average molecular weight is 272 g/mol. The summed E-state index contributed by atoms with van der Waals surface area (Å²) in [6.07, 6.45) is 1.25. The molecule has 6 N–H and O–H groups in total. The Morgan fingerprint density at radius 2 is 1.75 bits per heavy atom. The van der Waals surface area contributed by atoms with Crippen molar-refractivity contribution in [1.82, 2.24) is 0 Å². The second-order valence-electron chi connectivity index (χ2n) is 5.01. The van der Waals surface area contributed by atoms with Crippen LogP contribution in [0, 0.1) is 6.92 Å². The van der Waals surface area contributed by atoms with E-state index in [1.807, 2.05) is 19.9 Å². The molecule has 0 atom stereocenters. The quantitative estimate of drug-likeness (QED) is 0.393. The zero-order valence-electron chi connectivity index (χ0n) is 11.8. The van der Waals surface area contributed by atoms with Crippen LogP contribution in [0.5, 0.6) is 11.5 Å². The number of benzene rings is 2. The minimum atomic E-state index is 0.0959. The highest BCUT2D eigenvalue weighted by molar-refractivity contribution is 5.62. The standard InChI is InChI=1S/C16H20N2O2/c1-3-13-10(4-5-14(19)15(13)18)7-11-8-12(17)6-9(2)16(11)20/h4-6,8,19-20H,3,7,17-18H2,1-2H3. The number of nitrogens with two attached hydrogens (primary N) is 2. The Hall–Kier alpha value is -2.36. The van der Waals surface area contributed by atoms with E-state index in [0.29, 0.717) is 17.8 Å². The van der Waals surface area contributed by atoms with Crippen LogP contribution in [0.25, 0.3) is 0 Å². The van der Waals surface area contributed by atoms with Gasteiger partial charge in [0.1, 0.15) is 11.5 Å². The lowest BCUT2D eigenvalue weighted by Crippen LogP contribution is -2.01. The number of anilines is 2. The van der Waals surface area contributed by atoms with Crippen molar-refractivity contribution in [2.45, 2.75) is 26.7 Å². The third kappa shape index (κ3) is 2.50. The first kappa shape index (κ1) is 14.1. The van der Waals surface area contributed by atoms with E-state index < -0.39 is 0 Å². The largest absolute Gasteiger partial charge is 0.507 e. The van der Waals surface area contributed by atoms with Gasteiger partial charge in [-0.1, -0.05) is 13.0 Å². The molecule has 0 spiro atoms. The normalized spacial score (nSPS) is 10.7. The fourth-order valence-electron chi connectivity index (χ4n) is 2.50. The molecule has 20 heavy (non-hydrogen) atoms. The minimum absolute atomic E-state index is 0.0959. The molecule has 0 aliphatic carbocycles. The van der Waals surface area contributed by atoms with Gasteiger partial charge in [-0.05, 0) is 48.2 Å². The van der Waals surface area contributed by atoms with Crippen molar-refractivity contribution in [3.05, 3.63) is 46.5 Å². The molecule has 0 radical (unpaired) electrons. The molecule has 0 saturated carbocycles. The summed E-state index contributed by atoms with van der Waals surface area (Å²) in [5.41, 5.74) is 16.2. The van der Waals surface area contributed by atoms with Crippen molar-refractivity contribution in [1.29, 1.82) is 0 Å². The molecule has 106 valence electrons. The van der Waals surface area contributed by atoms with Gasteiger partial charge in [-0.25, -0.2) is 0 Å². The zero-order valence-corrected chi connectivity index (χ0v) is 11.8. The van der Waals surface area contributed by atoms with Gasteiger partial charge in [0, 0.05) is 17.7 Å². The molecule has 0 aliphatic heterocycles. The van der Waals surface area contributed by atoms with Crippen LogP contribution in [0.3, 0.4) is 0 Å². The lowest BCUT2D eigenvalue weighted by Gasteiger charge is -2.14. The number of hydrogen-bond acceptors (Lipinski definition) is 4. The first-order valence-electron chi connectivity index (χ1n) is 6.61. The van der Waals surface area contributed by atoms with Crippen LogP contribution in [0.1, 0.15) is 29.2 Å². The fraction of sp³-hybridized carbons (Fsp3) is 0.250. The van der Waals surface area contributed by atoms with E-state index in [1.54, 1.807) is 18.2 Å². The van der Waals surface area contributed by atoms with Crippen molar-refractivity contribution in [2.24, 2.45) is 0 Å². The van der Waals surface area contributed by atoms with Crippen LogP contribution in [0.15, 0.2) is 24.3 Å². The molecule has 2 aromatic rings. The van der Waals surface area contributed by atoms with Gasteiger partial charge in [0.05, 0.1) is 5.69 Å². The lowest BCUT2D eigenvalue weighted by atomic mass is 9.95. The molecule has 0 amide bonds. The highest BCUT2D eigenvalue weighted by Gasteiger charge is 2.12. The van der Waals surface area contributed by atoms with Crippen LogP contribution in [0.2, 0.25) is 0 Å². The maximum Gasteiger partial charge on any atom is 0.138 e. The number of rotatable bonds is 3. The summed E-state index contributed by atoms with van der Waals surface area (Å²) in [5, 5.41) is 19.8. The molecule has 0 fully saturated rings. The van der Waals surface area contributed by atoms with E-state index in [2.05, 4.69) is 0 Å². The van der Waals surface area contributed by atoms with Crippen molar-refractivity contribution in [2.75, 3.05) is 11.5 Å². The maximum atomic E-state index is 10.1. The Morgan fingerprint density at radius 1 is 1.05 bits per heavy atom. The molecule has 2 aromatic carbocycles. The second-order valence-corrected chi connectivity index (χ2v) is 5.01. The summed E-state index contributed by atoms with van der Waals surface area (Å²) in [7, 11) is 0. The van der Waals surface area contributed by atoms with E-state index >= 15 is 0 Å². The smallest absolute Gasteiger partial charge is 0.138 e. The average Bonchev–Trinajstić information content (AvgIpc) is 2.40. The molecule has 0 heterocycles. The fourth-order valence-corrected chi connectivity index (χ4v) is 2.50. The highest BCUT2D eigenvalue weighted by Crippen LogP contribution is 2.32. The summed E-state index contributed by atoms with van der Waals surface area (Å²) in [5.74, 6) is 0.353. The topological polar surface area (TPSA) is 92.5 Å². The molecule has 0 aliphatic rings. The van der Waals surface area contributed by atoms with Gasteiger partial charge in [-0.15, -0.1) is 0 Å². The van der Waals surface area contributed by atoms with Gasteiger partial charge in [0.25, 0.3) is 0 Å². The summed E-state index contributed by atoms with van der Waals surface area (Å²) in [4.78, 5) is 0. The molecular weight excluding hydrogens is 252 g/mol. The molecule has 4 nitrogen and oxygen atoms in total. The summed E-state index contributed by atoms with van der Waals surface area (Å²) >= 11 is 0. The number of hydrogen-bond donors (Lipinski definition) is 4. The molecular formula is C16H20N2O2. The van der Waals surface area contributed by atoms with E-state index in [1.165, 1.54) is 0 Å². The Morgan fingerprint density at radius 3 is 2.40 bits per heavy atom. The van der Waals surface area contributed by atoms with Crippen LogP contribution in [0.4, 0.5) is 11.4 Å². The number of nitrogen functional groups attached to an aromatic ring is 2. The monoisotopic (exact) mass is 272 g/mol. The van der Waals surface area contributed by atoms with Crippen molar-refractivity contribution in [3.63, 3.8) is 0 Å². The molecule has 4 heteroatoms. The Kier molecular flexibility index (Phi) is 3.74. The third-order valence-corrected chi connectivity index (χ3v) is 3.57. The lowest BCUT2D eigenvalue weighted by molar-refractivity contribution is 0.465. The van der Waals surface area contributed by atoms with Gasteiger partial charge in [0.2, 0.25) is 0 Å². The SMILES string of the molecule is CCc1c(Cc2cc(N)cc(C)c2O)ccc(O)c1N. The maximum absolute atomic E-state index is 10.1. The summed E-state index contributed by atoms with van der Waals surface area (Å²) < 4.78 is 0. The molecule has 2 rings (SSSR count). The van der Waals surface area contributed by atoms with Crippen LogP contribution >= 0.6 is 0 Å². The van der Waals surface area contributed by atoms with Crippen LogP contribution in [-0.2, 0) is 12.8 Å². The predicted octanol–water partition coefficient (Wildman–Crippen LogP) is 2.72. The zero-order chi connectivity index (χ0) is 14.9. The Balaban J connectivity index is 2.48. The van der Waals surface area contributed by atoms with Gasteiger partial charge < -0.3 is 21.7 Å². The molecule has 0 saturated heterocycles. The molecule has 0 unspecified atom stereocenters. The summed E-state index contributed by atoms with van der Waals surface area (Å²) in [6.45, 7) is 3.81. The second kappa shape index (κ2) is 5.33. The van der Waals surface area contributed by atoms with Crippen LogP contribution < -0.4 is 11.5 Å². The van der Waals surface area contributed by atoms with Gasteiger partial charge in [-0.3, -0.25) is 0 Å². The van der Waals surface area contributed by atoms with Gasteiger partial charge >= 0.3 is 0 Å². The molecule has 0 bridgehead atoms. The van der Waals surface area contributed by atoms with Crippen molar-refractivity contribution in [3.8, 4) is 11.5 Å². The van der Waals surface area contributed by atoms with Gasteiger partial charge in [-0.2, -0.15) is 0 Å². The first-order chi connectivity index (χ1) is 9.43. The number of phenolic OH excluding ortho intramolecular Hbond substituents is 2. The molecule has 0 aromatic heterocycles. The van der Waals surface area contributed by atoms with Crippen molar-refractivity contribution < 1.29 is 10.2 Å². The number of aryl methyl sites for hydroxylation is 1. The van der Waals surface area contributed by atoms with Gasteiger partial charge in [0.15, 0.2) is 0 Å². The van der Waals surface area contributed by atoms with E-state index in [4.69, 9.17) is 11.5 Å². The minimum Gasteiger partial charge on any atom is -0.507 e. The van der Waals surface area contributed by atoms with E-state index in [0.717, 1.165) is 28.7 Å². The van der Waals surface area contributed by atoms with Crippen molar-refractivity contribution >= 4 is 11.4 Å². The first-order valence-corrected chi connectivity index (χ1v) is 6.61. The van der Waals surface area contributed by atoms with E-state index in [-0.39, 0.29) is 11.5 Å². The Labute approximate surface area is 118 Å². The third-order valence-electron chi connectivity index (χ3n) is 3.57. The number of phenols is 2. The van der Waals surface area contributed by atoms with Crippen LogP contribution in [-0.4, -0.2) is 10.2 Å². The highest BCUT2D eigenvalue weighted by atomic mass is 16.3. The van der Waals surface area contributed by atoms with E-state index in [9.17, 15) is 10.2 Å².